The minimum atomic E-state index is -0.823. The number of amides is 2. The third kappa shape index (κ3) is 4.26. The number of ether oxygens (including phenoxy) is 1. The zero-order valence-corrected chi connectivity index (χ0v) is 17.4. The fraction of sp³-hybridized carbons (Fsp3) is 0.375. The number of likely N-dealkylation sites (tertiary alicyclic amines) is 1. The average molecular weight is 422 g/mol. The molecule has 1 heterocycles. The molecule has 2 aromatic rings. The summed E-state index contributed by atoms with van der Waals surface area (Å²) in [4.78, 5) is 37.5. The number of fused-ring (bicyclic) bond motifs is 3. The van der Waals surface area contributed by atoms with Gasteiger partial charge in [0.05, 0.1) is 5.92 Å². The quantitative estimate of drug-likeness (QED) is 0.771. The SMILES string of the molecule is C[C@H]1C[C@@H](C(=O)O)CCN1C(=O)CNC(=O)OCC1c2ccccc2-c2ccccc21. The Morgan fingerprint density at radius 1 is 1.06 bits per heavy atom. The molecule has 1 saturated heterocycles. The van der Waals surface area contributed by atoms with Crippen LogP contribution in [0.5, 0.6) is 0 Å². The van der Waals surface area contributed by atoms with Crippen LogP contribution in [0, 0.1) is 5.92 Å². The lowest BCUT2D eigenvalue weighted by molar-refractivity contribution is -0.147. The molecular formula is C24H26N2O5. The molecule has 1 fully saturated rings. The number of nitrogens with one attached hydrogen (secondary N) is 1. The van der Waals surface area contributed by atoms with Crippen LogP contribution in [0.25, 0.3) is 11.1 Å². The summed E-state index contributed by atoms with van der Waals surface area (Å²) in [6.07, 6.45) is 0.214. The van der Waals surface area contributed by atoms with Gasteiger partial charge in [0.2, 0.25) is 5.91 Å². The van der Waals surface area contributed by atoms with Crippen molar-refractivity contribution in [1.29, 1.82) is 0 Å². The molecule has 2 atom stereocenters. The van der Waals surface area contributed by atoms with Gasteiger partial charge in [-0.25, -0.2) is 4.79 Å². The second kappa shape index (κ2) is 8.79. The molecule has 7 nitrogen and oxygen atoms in total. The summed E-state index contributed by atoms with van der Waals surface area (Å²) in [5, 5.41) is 11.7. The number of alkyl carbamates (subject to hydrolysis) is 1. The first kappa shape index (κ1) is 20.9. The van der Waals surface area contributed by atoms with Gasteiger partial charge in [0.15, 0.2) is 0 Å². The Bertz CT molecular complexity index is 959. The number of benzene rings is 2. The molecule has 4 rings (SSSR count). The minimum absolute atomic E-state index is 0.0380. The number of rotatable bonds is 5. The van der Waals surface area contributed by atoms with E-state index in [1.165, 1.54) is 0 Å². The Balaban J connectivity index is 1.30. The Morgan fingerprint density at radius 2 is 1.68 bits per heavy atom. The van der Waals surface area contributed by atoms with Crippen molar-refractivity contribution in [2.75, 3.05) is 19.7 Å². The monoisotopic (exact) mass is 422 g/mol. The van der Waals surface area contributed by atoms with Gasteiger partial charge in [0.1, 0.15) is 13.2 Å². The molecule has 0 aromatic heterocycles. The number of piperidine rings is 1. The number of nitrogens with zero attached hydrogens (tertiary/aromatic N) is 1. The van der Waals surface area contributed by atoms with Gasteiger partial charge in [-0.3, -0.25) is 9.59 Å². The van der Waals surface area contributed by atoms with Gasteiger partial charge in [-0.1, -0.05) is 48.5 Å². The van der Waals surface area contributed by atoms with E-state index in [-0.39, 0.29) is 31.0 Å². The number of carbonyl (C=O) groups is 3. The summed E-state index contributed by atoms with van der Waals surface area (Å²) in [7, 11) is 0. The third-order valence-electron chi connectivity index (χ3n) is 6.27. The standard InChI is InChI=1S/C24H26N2O5/c1-15-12-16(23(28)29)10-11-26(15)22(27)13-25-24(30)31-14-21-19-8-4-2-6-17(19)18-7-3-5-9-20(18)21/h2-9,15-16,21H,10-14H2,1H3,(H,25,30)(H,28,29)/t15-,16-/m0/s1. The topological polar surface area (TPSA) is 95.9 Å². The molecule has 0 radical (unpaired) electrons. The zero-order chi connectivity index (χ0) is 22.0. The first-order valence-corrected chi connectivity index (χ1v) is 10.6. The van der Waals surface area contributed by atoms with Crippen molar-refractivity contribution in [2.24, 2.45) is 5.92 Å². The Labute approximate surface area is 181 Å². The molecule has 31 heavy (non-hydrogen) atoms. The van der Waals surface area contributed by atoms with Crippen molar-refractivity contribution in [1.82, 2.24) is 10.2 Å². The van der Waals surface area contributed by atoms with Gasteiger partial charge in [-0.15, -0.1) is 0 Å². The summed E-state index contributed by atoms with van der Waals surface area (Å²) >= 11 is 0. The fourth-order valence-electron chi connectivity index (χ4n) is 4.67. The highest BCUT2D eigenvalue weighted by Gasteiger charge is 2.32. The summed E-state index contributed by atoms with van der Waals surface area (Å²) in [5.74, 6) is -1.52. The van der Waals surface area contributed by atoms with Crippen LogP contribution in [0.15, 0.2) is 48.5 Å². The maximum atomic E-state index is 12.5. The molecule has 2 aromatic carbocycles. The number of carboxylic acids is 1. The molecule has 1 aliphatic heterocycles. The van der Waals surface area contributed by atoms with E-state index < -0.39 is 18.0 Å². The van der Waals surface area contributed by atoms with E-state index in [4.69, 9.17) is 9.84 Å². The molecular weight excluding hydrogens is 396 g/mol. The van der Waals surface area contributed by atoms with Gasteiger partial charge in [0, 0.05) is 18.5 Å². The van der Waals surface area contributed by atoms with E-state index in [2.05, 4.69) is 17.4 Å². The zero-order valence-electron chi connectivity index (χ0n) is 17.4. The second-order valence-electron chi connectivity index (χ2n) is 8.17. The molecule has 2 aliphatic rings. The predicted molar refractivity (Wildman–Crippen MR) is 115 cm³/mol. The first-order chi connectivity index (χ1) is 15.0. The van der Waals surface area contributed by atoms with Crippen LogP contribution in [0.2, 0.25) is 0 Å². The van der Waals surface area contributed by atoms with Crippen molar-refractivity contribution in [3.8, 4) is 11.1 Å². The van der Waals surface area contributed by atoms with Crippen molar-refractivity contribution in [3.63, 3.8) is 0 Å². The maximum absolute atomic E-state index is 12.5. The summed E-state index contributed by atoms with van der Waals surface area (Å²) < 4.78 is 5.45. The molecule has 162 valence electrons. The van der Waals surface area contributed by atoms with Crippen molar-refractivity contribution >= 4 is 18.0 Å². The highest BCUT2D eigenvalue weighted by molar-refractivity contribution is 5.83. The normalized spacial score (nSPS) is 20.0. The molecule has 1 aliphatic carbocycles. The van der Waals surface area contributed by atoms with Gasteiger partial charge < -0.3 is 20.1 Å². The van der Waals surface area contributed by atoms with E-state index in [1.54, 1.807) is 4.90 Å². The van der Waals surface area contributed by atoms with E-state index in [0.29, 0.717) is 19.4 Å². The van der Waals surface area contributed by atoms with E-state index in [1.807, 2.05) is 43.3 Å². The van der Waals surface area contributed by atoms with Crippen LogP contribution >= 0.6 is 0 Å². The summed E-state index contributed by atoms with van der Waals surface area (Å²) in [5.41, 5.74) is 4.56. The van der Waals surface area contributed by atoms with Gasteiger partial charge in [-0.2, -0.15) is 0 Å². The molecule has 0 bridgehead atoms. The lowest BCUT2D eigenvalue weighted by Gasteiger charge is -2.36. The highest BCUT2D eigenvalue weighted by atomic mass is 16.5. The van der Waals surface area contributed by atoms with E-state index in [9.17, 15) is 14.4 Å². The number of carboxylic acid groups (broad SMARTS) is 1. The molecule has 7 heteroatoms. The molecule has 0 unspecified atom stereocenters. The minimum Gasteiger partial charge on any atom is -0.481 e. The van der Waals surface area contributed by atoms with Gasteiger partial charge >= 0.3 is 12.1 Å². The largest absolute Gasteiger partial charge is 0.481 e. The first-order valence-electron chi connectivity index (χ1n) is 10.6. The smallest absolute Gasteiger partial charge is 0.407 e. The van der Waals surface area contributed by atoms with Gasteiger partial charge in [0.25, 0.3) is 0 Å². The van der Waals surface area contributed by atoms with Gasteiger partial charge in [-0.05, 0) is 42.0 Å². The molecule has 2 amide bonds. The maximum Gasteiger partial charge on any atom is 0.407 e. The Morgan fingerprint density at radius 3 is 2.26 bits per heavy atom. The van der Waals surface area contributed by atoms with Crippen LogP contribution in [0.3, 0.4) is 0 Å². The average Bonchev–Trinajstić information content (AvgIpc) is 3.09. The highest BCUT2D eigenvalue weighted by Crippen LogP contribution is 2.44. The van der Waals surface area contributed by atoms with Crippen LogP contribution in [-0.2, 0) is 14.3 Å². The number of hydrogen-bond donors (Lipinski definition) is 2. The lowest BCUT2D eigenvalue weighted by Crippen LogP contribution is -2.49. The van der Waals surface area contributed by atoms with Crippen LogP contribution in [0.1, 0.15) is 36.8 Å². The van der Waals surface area contributed by atoms with E-state index in [0.717, 1.165) is 22.3 Å². The molecule has 0 spiro atoms. The molecule has 2 N–H and O–H groups in total. The second-order valence-corrected chi connectivity index (χ2v) is 8.17. The van der Waals surface area contributed by atoms with Crippen molar-refractivity contribution in [3.05, 3.63) is 59.7 Å². The lowest BCUT2D eigenvalue weighted by atomic mass is 9.92. The Hall–Kier alpha value is -3.35. The van der Waals surface area contributed by atoms with Crippen LogP contribution < -0.4 is 5.32 Å². The Kier molecular flexibility index (Phi) is 5.93. The van der Waals surface area contributed by atoms with Crippen molar-refractivity contribution < 1.29 is 24.2 Å². The summed E-state index contributed by atoms with van der Waals surface area (Å²) in [6.45, 7) is 2.23. The third-order valence-corrected chi connectivity index (χ3v) is 6.27. The number of carbonyl (C=O) groups excluding carboxylic acids is 2. The van der Waals surface area contributed by atoms with Crippen LogP contribution in [-0.4, -0.2) is 53.7 Å². The van der Waals surface area contributed by atoms with Crippen molar-refractivity contribution in [2.45, 2.75) is 31.7 Å². The molecule has 0 saturated carbocycles. The van der Waals surface area contributed by atoms with E-state index >= 15 is 0 Å². The van der Waals surface area contributed by atoms with Crippen LogP contribution in [0.4, 0.5) is 4.79 Å². The fourth-order valence-corrected chi connectivity index (χ4v) is 4.67. The summed E-state index contributed by atoms with van der Waals surface area (Å²) in [6, 6.07) is 16.0. The number of aliphatic carboxylic acids is 1. The predicted octanol–water partition coefficient (Wildman–Crippen LogP) is 3.24. The number of hydrogen-bond acceptors (Lipinski definition) is 4.